The Kier molecular flexibility index (Phi) is 22.8. The first-order valence-corrected chi connectivity index (χ1v) is 15.6. The third kappa shape index (κ3) is 17.9. The maximum Gasteiger partial charge on any atom is 0.407 e. The molecule has 0 saturated heterocycles. The average Bonchev–Trinajstić information content (AvgIpc) is 2.93. The van der Waals surface area contributed by atoms with Crippen molar-refractivity contribution in [3.05, 3.63) is 0 Å². The molecule has 0 heterocycles. The Labute approximate surface area is 242 Å². The van der Waals surface area contributed by atoms with Gasteiger partial charge in [0.15, 0.2) is 0 Å². The molecule has 0 aromatic heterocycles. The van der Waals surface area contributed by atoms with Gasteiger partial charge < -0.3 is 30.7 Å². The summed E-state index contributed by atoms with van der Waals surface area (Å²) in [7, 11) is 0. The number of alkyl carbamates (subject to hydrolysis) is 2. The monoisotopic (exact) mass is 570 g/mol. The van der Waals surface area contributed by atoms with Crippen LogP contribution in [0.1, 0.15) is 119 Å². The zero-order valence-corrected chi connectivity index (χ0v) is 26.1. The zero-order chi connectivity index (χ0) is 30.2. The number of ether oxygens (including phenoxy) is 2. The van der Waals surface area contributed by atoms with E-state index in [9.17, 15) is 19.2 Å². The minimum atomic E-state index is -0.574. The predicted molar refractivity (Wildman–Crippen MR) is 159 cm³/mol. The van der Waals surface area contributed by atoms with Gasteiger partial charge in [0.1, 0.15) is 12.1 Å². The van der Waals surface area contributed by atoms with Crippen molar-refractivity contribution in [3.63, 3.8) is 0 Å². The molecule has 4 amide bonds. The molecule has 0 spiro atoms. The molecule has 0 rings (SSSR count). The standard InChI is InChI=1S/C30H58N4O6/c1-7-23(5)25(33-29(37)39-9-3)27(35)31-21-19-17-15-13-11-12-14-16-18-20-22-32-28(36)26(24(6)8-2)34-30(38)40-10-4/h23-26H,7-22H2,1-6H3,(H,31,35)(H,32,36)(H,33,37)(H,34,38)/t23-,24-,25-,26-/m0/s1. The van der Waals surface area contributed by atoms with E-state index in [1.807, 2.05) is 27.7 Å². The molecule has 10 nitrogen and oxygen atoms in total. The first kappa shape index (κ1) is 37.5. The summed E-state index contributed by atoms with van der Waals surface area (Å²) in [6.45, 7) is 13.2. The highest BCUT2D eigenvalue weighted by Crippen LogP contribution is 2.12. The molecular formula is C30H58N4O6. The highest BCUT2D eigenvalue weighted by molar-refractivity contribution is 5.86. The van der Waals surface area contributed by atoms with Crippen LogP contribution >= 0.6 is 0 Å². The minimum absolute atomic E-state index is 0.0326. The van der Waals surface area contributed by atoms with E-state index in [1.165, 1.54) is 25.7 Å². The van der Waals surface area contributed by atoms with Gasteiger partial charge in [-0.25, -0.2) is 9.59 Å². The second-order valence-corrected chi connectivity index (χ2v) is 10.6. The highest BCUT2D eigenvalue weighted by atomic mass is 16.6. The molecule has 0 aromatic carbocycles. The highest BCUT2D eigenvalue weighted by Gasteiger charge is 2.27. The minimum Gasteiger partial charge on any atom is -0.450 e. The van der Waals surface area contributed by atoms with Crippen LogP contribution in [0.25, 0.3) is 0 Å². The third-order valence-electron chi connectivity index (χ3n) is 7.29. The van der Waals surface area contributed by atoms with E-state index in [-0.39, 0.29) is 36.9 Å². The fraction of sp³-hybridized carbons (Fsp3) is 0.867. The second-order valence-electron chi connectivity index (χ2n) is 10.6. The molecule has 0 saturated carbocycles. The first-order valence-electron chi connectivity index (χ1n) is 15.6. The summed E-state index contributed by atoms with van der Waals surface area (Å²) in [6, 6.07) is -1.15. The lowest BCUT2D eigenvalue weighted by Gasteiger charge is -2.23. The van der Waals surface area contributed by atoms with E-state index in [0.717, 1.165) is 51.4 Å². The van der Waals surface area contributed by atoms with Crippen molar-refractivity contribution >= 4 is 24.0 Å². The van der Waals surface area contributed by atoms with Gasteiger partial charge in [-0.15, -0.1) is 0 Å². The lowest BCUT2D eigenvalue weighted by atomic mass is 9.98. The van der Waals surface area contributed by atoms with Crippen molar-refractivity contribution in [3.8, 4) is 0 Å². The Hall–Kier alpha value is -2.52. The Morgan fingerprint density at radius 1 is 0.525 bits per heavy atom. The molecule has 0 bridgehead atoms. The van der Waals surface area contributed by atoms with Crippen LogP contribution in [0.2, 0.25) is 0 Å². The Morgan fingerprint density at radius 2 is 0.825 bits per heavy atom. The SMILES string of the molecule is CCOC(=O)N[C@H](C(=O)NCCCCCCCCCCCCNC(=O)[C@@H](NC(=O)OCC)[C@@H](C)CC)[C@@H](C)CC. The molecule has 0 aliphatic carbocycles. The van der Waals surface area contributed by atoms with E-state index in [2.05, 4.69) is 21.3 Å². The van der Waals surface area contributed by atoms with E-state index in [0.29, 0.717) is 13.1 Å². The second kappa shape index (κ2) is 24.3. The van der Waals surface area contributed by atoms with E-state index in [1.54, 1.807) is 13.8 Å². The quantitative estimate of drug-likeness (QED) is 0.121. The van der Waals surface area contributed by atoms with Crippen molar-refractivity contribution in [2.45, 2.75) is 131 Å². The van der Waals surface area contributed by atoms with Gasteiger partial charge >= 0.3 is 12.2 Å². The summed E-state index contributed by atoms with van der Waals surface area (Å²) in [5.41, 5.74) is 0. The van der Waals surface area contributed by atoms with Gasteiger partial charge in [-0.05, 0) is 38.5 Å². The molecule has 0 fully saturated rings. The molecule has 4 atom stereocenters. The summed E-state index contributed by atoms with van der Waals surface area (Å²) in [6.07, 6.45) is 11.6. The summed E-state index contributed by atoms with van der Waals surface area (Å²) >= 11 is 0. The smallest absolute Gasteiger partial charge is 0.407 e. The summed E-state index contributed by atoms with van der Waals surface area (Å²) in [4.78, 5) is 48.5. The predicted octanol–water partition coefficient (Wildman–Crippen LogP) is 5.44. The van der Waals surface area contributed by atoms with Crippen molar-refractivity contribution in [2.75, 3.05) is 26.3 Å². The van der Waals surface area contributed by atoms with Crippen molar-refractivity contribution < 1.29 is 28.7 Å². The summed E-state index contributed by atoms with van der Waals surface area (Å²) < 4.78 is 9.85. The summed E-state index contributed by atoms with van der Waals surface area (Å²) in [5, 5.41) is 11.3. The zero-order valence-electron chi connectivity index (χ0n) is 26.1. The first-order chi connectivity index (χ1) is 19.2. The van der Waals surface area contributed by atoms with Gasteiger partial charge in [-0.3, -0.25) is 9.59 Å². The van der Waals surface area contributed by atoms with Crippen molar-refractivity contribution in [1.82, 2.24) is 21.3 Å². The van der Waals surface area contributed by atoms with Gasteiger partial charge in [0, 0.05) is 13.1 Å². The largest absolute Gasteiger partial charge is 0.450 e. The number of amides is 4. The third-order valence-corrected chi connectivity index (χ3v) is 7.29. The molecule has 0 aliphatic heterocycles. The van der Waals surface area contributed by atoms with Crippen LogP contribution in [0.15, 0.2) is 0 Å². The van der Waals surface area contributed by atoms with Gasteiger partial charge in [-0.1, -0.05) is 91.9 Å². The van der Waals surface area contributed by atoms with Gasteiger partial charge in [0.25, 0.3) is 0 Å². The Bertz CT molecular complexity index is 648. The number of unbranched alkanes of at least 4 members (excludes halogenated alkanes) is 9. The van der Waals surface area contributed by atoms with Gasteiger partial charge in [0.05, 0.1) is 13.2 Å². The van der Waals surface area contributed by atoms with Crippen LogP contribution in [-0.4, -0.2) is 62.4 Å². The number of hydrogen-bond donors (Lipinski definition) is 4. The molecule has 10 heteroatoms. The van der Waals surface area contributed by atoms with Crippen LogP contribution < -0.4 is 21.3 Å². The van der Waals surface area contributed by atoms with E-state index in [4.69, 9.17) is 9.47 Å². The van der Waals surface area contributed by atoms with Crippen LogP contribution in [0, 0.1) is 11.8 Å². The molecule has 234 valence electrons. The fourth-order valence-corrected chi connectivity index (χ4v) is 4.31. The maximum absolute atomic E-state index is 12.5. The fourth-order valence-electron chi connectivity index (χ4n) is 4.31. The molecular weight excluding hydrogens is 512 g/mol. The molecule has 0 aliphatic rings. The Balaban J connectivity index is 3.87. The van der Waals surface area contributed by atoms with Gasteiger partial charge in [0.2, 0.25) is 11.8 Å². The average molecular weight is 571 g/mol. The van der Waals surface area contributed by atoms with Crippen LogP contribution in [0.5, 0.6) is 0 Å². The molecule has 0 radical (unpaired) electrons. The lowest BCUT2D eigenvalue weighted by Crippen LogP contribution is -2.50. The van der Waals surface area contributed by atoms with Crippen molar-refractivity contribution in [2.24, 2.45) is 11.8 Å². The number of carbonyl (C=O) groups is 4. The molecule has 4 N–H and O–H groups in total. The van der Waals surface area contributed by atoms with Crippen LogP contribution in [0.4, 0.5) is 9.59 Å². The number of rotatable bonds is 23. The number of carbonyl (C=O) groups excluding carboxylic acids is 4. The van der Waals surface area contributed by atoms with Crippen molar-refractivity contribution in [1.29, 1.82) is 0 Å². The van der Waals surface area contributed by atoms with E-state index >= 15 is 0 Å². The number of nitrogens with one attached hydrogen (secondary N) is 4. The van der Waals surface area contributed by atoms with Crippen LogP contribution in [0.3, 0.4) is 0 Å². The normalized spacial score (nSPS) is 13.8. The van der Waals surface area contributed by atoms with Gasteiger partial charge in [-0.2, -0.15) is 0 Å². The van der Waals surface area contributed by atoms with Crippen LogP contribution in [-0.2, 0) is 19.1 Å². The molecule has 0 aromatic rings. The topological polar surface area (TPSA) is 135 Å². The molecule has 40 heavy (non-hydrogen) atoms. The lowest BCUT2D eigenvalue weighted by molar-refractivity contribution is -0.125. The number of hydrogen-bond acceptors (Lipinski definition) is 6. The van der Waals surface area contributed by atoms with E-state index < -0.39 is 24.3 Å². The molecule has 0 unspecified atom stereocenters. The summed E-state index contributed by atoms with van der Waals surface area (Å²) in [5.74, 6) is -0.230. The Morgan fingerprint density at radius 3 is 1.10 bits per heavy atom. The maximum atomic E-state index is 12.5.